The Morgan fingerprint density at radius 1 is 1.14 bits per heavy atom. The van der Waals surface area contributed by atoms with Gasteiger partial charge in [-0.15, -0.1) is 0 Å². The van der Waals surface area contributed by atoms with Crippen LogP contribution in [0.4, 0.5) is 0 Å². The number of piperazine rings is 1. The number of hydrazone groups is 1. The molecule has 1 aliphatic rings. The SMILES string of the molecule is Cc1ccc(S(=O)(=O)N2CC[NH+](CC(=O)N/N=C/c3ccc(Br)cc3)CC2)cc1. The third kappa shape index (κ3) is 5.96. The molecule has 0 atom stereocenters. The van der Waals surface area contributed by atoms with Crippen molar-refractivity contribution in [1.29, 1.82) is 0 Å². The molecular formula is C20H24BrN4O3S+. The minimum atomic E-state index is -3.49. The Hall–Kier alpha value is -2.07. The molecule has 0 bridgehead atoms. The number of aryl methyl sites for hydroxylation is 1. The van der Waals surface area contributed by atoms with Gasteiger partial charge in [-0.3, -0.25) is 4.79 Å². The summed E-state index contributed by atoms with van der Waals surface area (Å²) in [4.78, 5) is 13.5. The Morgan fingerprint density at radius 3 is 2.38 bits per heavy atom. The van der Waals surface area contributed by atoms with Crippen molar-refractivity contribution in [2.45, 2.75) is 11.8 Å². The summed E-state index contributed by atoms with van der Waals surface area (Å²) in [5.74, 6) is -0.191. The number of nitrogens with one attached hydrogen (secondary N) is 2. The van der Waals surface area contributed by atoms with Gasteiger partial charge < -0.3 is 4.90 Å². The topological polar surface area (TPSA) is 83.3 Å². The van der Waals surface area contributed by atoms with Crippen LogP contribution in [0.15, 0.2) is 63.0 Å². The van der Waals surface area contributed by atoms with Gasteiger partial charge in [0.25, 0.3) is 5.91 Å². The number of hydrogen-bond acceptors (Lipinski definition) is 4. The van der Waals surface area contributed by atoms with Crippen LogP contribution in [0.3, 0.4) is 0 Å². The first-order valence-corrected chi connectivity index (χ1v) is 11.6. The molecule has 1 saturated heterocycles. The van der Waals surface area contributed by atoms with E-state index in [1.807, 2.05) is 31.2 Å². The Morgan fingerprint density at radius 2 is 1.76 bits per heavy atom. The summed E-state index contributed by atoms with van der Waals surface area (Å²) in [6, 6.07) is 14.5. The van der Waals surface area contributed by atoms with E-state index in [1.54, 1.807) is 30.5 Å². The van der Waals surface area contributed by atoms with Crippen LogP contribution in [0, 0.1) is 6.92 Å². The van der Waals surface area contributed by atoms with Gasteiger partial charge in [0.2, 0.25) is 10.0 Å². The number of amides is 1. The number of halogens is 1. The number of quaternary nitrogens is 1. The molecule has 0 unspecified atom stereocenters. The van der Waals surface area contributed by atoms with E-state index in [-0.39, 0.29) is 12.5 Å². The minimum Gasteiger partial charge on any atom is -0.325 e. The monoisotopic (exact) mass is 479 g/mol. The molecule has 0 saturated carbocycles. The first-order chi connectivity index (χ1) is 13.8. The highest BCUT2D eigenvalue weighted by Gasteiger charge is 2.31. The van der Waals surface area contributed by atoms with Gasteiger partial charge in [0.15, 0.2) is 6.54 Å². The van der Waals surface area contributed by atoms with Gasteiger partial charge in [-0.05, 0) is 36.8 Å². The van der Waals surface area contributed by atoms with E-state index < -0.39 is 10.0 Å². The maximum Gasteiger partial charge on any atom is 0.295 e. The van der Waals surface area contributed by atoms with Crippen molar-refractivity contribution in [3.8, 4) is 0 Å². The molecule has 2 N–H and O–H groups in total. The van der Waals surface area contributed by atoms with Crippen molar-refractivity contribution < 1.29 is 18.1 Å². The zero-order chi connectivity index (χ0) is 20.9. The molecule has 2 aromatic rings. The molecule has 1 fully saturated rings. The van der Waals surface area contributed by atoms with Gasteiger partial charge in [-0.2, -0.15) is 9.41 Å². The molecule has 0 radical (unpaired) electrons. The first kappa shape index (κ1) is 21.6. The lowest BCUT2D eigenvalue weighted by atomic mass is 10.2. The average Bonchev–Trinajstić information content (AvgIpc) is 2.70. The van der Waals surface area contributed by atoms with Crippen LogP contribution < -0.4 is 10.3 Å². The number of rotatable bonds is 6. The number of nitrogens with zero attached hydrogens (tertiary/aromatic N) is 2. The first-order valence-electron chi connectivity index (χ1n) is 9.32. The lowest BCUT2D eigenvalue weighted by Gasteiger charge is -2.31. The van der Waals surface area contributed by atoms with Crippen LogP contribution >= 0.6 is 15.9 Å². The fourth-order valence-corrected chi connectivity index (χ4v) is 4.78. The van der Waals surface area contributed by atoms with E-state index in [2.05, 4.69) is 26.5 Å². The summed E-state index contributed by atoms with van der Waals surface area (Å²) >= 11 is 3.37. The van der Waals surface area contributed by atoms with Gasteiger partial charge in [-0.1, -0.05) is 45.8 Å². The van der Waals surface area contributed by atoms with Crippen LogP contribution in [0.5, 0.6) is 0 Å². The molecule has 9 heteroatoms. The van der Waals surface area contributed by atoms with E-state index in [0.29, 0.717) is 31.1 Å². The second-order valence-electron chi connectivity index (χ2n) is 6.99. The van der Waals surface area contributed by atoms with Gasteiger partial charge in [0, 0.05) is 4.47 Å². The maximum atomic E-state index is 12.7. The smallest absolute Gasteiger partial charge is 0.295 e. The average molecular weight is 480 g/mol. The Labute approximate surface area is 179 Å². The standard InChI is InChI=1S/C20H23BrN4O3S/c1-16-2-8-19(9-3-16)29(27,28)25-12-10-24(11-13-25)15-20(26)23-22-14-17-4-6-18(21)7-5-17/h2-9,14H,10-13,15H2,1H3,(H,23,26)/p+1/b22-14+. The molecule has 154 valence electrons. The van der Waals surface area contributed by atoms with Gasteiger partial charge in [0.05, 0.1) is 37.3 Å². The Bertz CT molecular complexity index is 968. The number of sulfonamides is 1. The second-order valence-corrected chi connectivity index (χ2v) is 9.84. The van der Waals surface area contributed by atoms with Crippen molar-refractivity contribution in [3.05, 3.63) is 64.1 Å². The van der Waals surface area contributed by atoms with Gasteiger partial charge in [0.1, 0.15) is 0 Å². The van der Waals surface area contributed by atoms with Crippen LogP contribution in [0.1, 0.15) is 11.1 Å². The third-order valence-electron chi connectivity index (χ3n) is 4.77. The molecule has 0 spiro atoms. The fourth-order valence-electron chi connectivity index (χ4n) is 3.07. The predicted octanol–water partition coefficient (Wildman–Crippen LogP) is 0.797. The highest BCUT2D eigenvalue weighted by Crippen LogP contribution is 2.16. The third-order valence-corrected chi connectivity index (χ3v) is 7.21. The maximum absolute atomic E-state index is 12.7. The normalized spacial score (nSPS) is 16.2. The molecule has 7 nitrogen and oxygen atoms in total. The summed E-state index contributed by atoms with van der Waals surface area (Å²) in [6.45, 7) is 4.12. The van der Waals surface area contributed by atoms with Crippen LogP contribution in [0.25, 0.3) is 0 Å². The molecule has 0 aromatic heterocycles. The van der Waals surface area contributed by atoms with E-state index in [4.69, 9.17) is 0 Å². The fraction of sp³-hybridized carbons (Fsp3) is 0.300. The molecule has 2 aromatic carbocycles. The molecule has 29 heavy (non-hydrogen) atoms. The van der Waals surface area contributed by atoms with Crippen LogP contribution in [0.2, 0.25) is 0 Å². The number of carbonyl (C=O) groups is 1. The van der Waals surface area contributed by atoms with Crippen molar-refractivity contribution >= 4 is 38.1 Å². The van der Waals surface area contributed by atoms with Crippen LogP contribution in [-0.2, 0) is 14.8 Å². The summed E-state index contributed by atoms with van der Waals surface area (Å²) in [6.07, 6.45) is 1.59. The zero-order valence-corrected chi connectivity index (χ0v) is 18.5. The molecule has 1 amide bonds. The lowest BCUT2D eigenvalue weighted by molar-refractivity contribution is -0.895. The molecule has 3 rings (SSSR count). The molecule has 0 aliphatic carbocycles. The van der Waals surface area contributed by atoms with E-state index in [9.17, 15) is 13.2 Å². The molecule has 1 aliphatic heterocycles. The van der Waals surface area contributed by atoms with E-state index in [0.717, 1.165) is 20.5 Å². The predicted molar refractivity (Wildman–Crippen MR) is 115 cm³/mol. The number of benzene rings is 2. The minimum absolute atomic E-state index is 0.191. The van der Waals surface area contributed by atoms with Crippen LogP contribution in [-0.4, -0.2) is 57.6 Å². The van der Waals surface area contributed by atoms with Crippen molar-refractivity contribution in [2.75, 3.05) is 32.7 Å². The van der Waals surface area contributed by atoms with Crippen molar-refractivity contribution in [1.82, 2.24) is 9.73 Å². The zero-order valence-electron chi connectivity index (χ0n) is 16.1. The largest absolute Gasteiger partial charge is 0.325 e. The van der Waals surface area contributed by atoms with Crippen molar-refractivity contribution in [2.24, 2.45) is 5.10 Å². The van der Waals surface area contributed by atoms with Gasteiger partial charge in [-0.25, -0.2) is 13.8 Å². The lowest BCUT2D eigenvalue weighted by Crippen LogP contribution is -3.15. The van der Waals surface area contributed by atoms with Gasteiger partial charge >= 0.3 is 0 Å². The summed E-state index contributed by atoms with van der Waals surface area (Å²) in [7, 11) is -3.49. The Kier molecular flexibility index (Phi) is 7.18. The number of hydrogen-bond donors (Lipinski definition) is 2. The highest BCUT2D eigenvalue weighted by atomic mass is 79.9. The summed E-state index contributed by atoms with van der Waals surface area (Å²) < 4.78 is 27.9. The van der Waals surface area contributed by atoms with Crippen molar-refractivity contribution in [3.63, 3.8) is 0 Å². The summed E-state index contributed by atoms with van der Waals surface area (Å²) in [5, 5.41) is 3.98. The highest BCUT2D eigenvalue weighted by molar-refractivity contribution is 9.10. The quantitative estimate of drug-likeness (QED) is 0.474. The Balaban J connectivity index is 1.47. The summed E-state index contributed by atoms with van der Waals surface area (Å²) in [5.41, 5.74) is 4.44. The second kappa shape index (κ2) is 9.62. The number of carbonyl (C=O) groups excluding carboxylic acids is 1. The van der Waals surface area contributed by atoms with E-state index >= 15 is 0 Å². The molecular weight excluding hydrogens is 456 g/mol. The van der Waals surface area contributed by atoms with E-state index in [1.165, 1.54) is 4.31 Å². The molecule has 1 heterocycles.